The molecule has 3 amide bonds. The molecule has 6 heteroatoms. The van der Waals surface area contributed by atoms with E-state index in [2.05, 4.69) is 16.0 Å². The Morgan fingerprint density at radius 2 is 1.63 bits per heavy atom. The Morgan fingerprint density at radius 3 is 2.30 bits per heavy atom. The summed E-state index contributed by atoms with van der Waals surface area (Å²) in [7, 11) is 0. The van der Waals surface area contributed by atoms with Crippen LogP contribution in [0.15, 0.2) is 48.5 Å². The Morgan fingerprint density at radius 1 is 0.926 bits per heavy atom. The molecule has 2 unspecified atom stereocenters. The average molecular weight is 367 g/mol. The van der Waals surface area contributed by atoms with Gasteiger partial charge in [-0.2, -0.15) is 0 Å². The molecule has 0 saturated carbocycles. The summed E-state index contributed by atoms with van der Waals surface area (Å²) >= 11 is 0. The maximum Gasteiger partial charge on any atom is 0.251 e. The van der Waals surface area contributed by atoms with Crippen LogP contribution >= 0.6 is 0 Å². The summed E-state index contributed by atoms with van der Waals surface area (Å²) in [6.45, 7) is 6.84. The summed E-state index contributed by atoms with van der Waals surface area (Å²) in [6, 6.07) is 13.5. The smallest absolute Gasteiger partial charge is 0.251 e. The molecule has 0 aliphatic rings. The van der Waals surface area contributed by atoms with Crippen molar-refractivity contribution < 1.29 is 14.4 Å². The molecule has 0 aromatic heterocycles. The second-order valence-corrected chi connectivity index (χ2v) is 6.60. The number of nitrogens with one attached hydrogen (secondary N) is 3. The van der Waals surface area contributed by atoms with Gasteiger partial charge < -0.3 is 16.0 Å². The van der Waals surface area contributed by atoms with E-state index >= 15 is 0 Å². The highest BCUT2D eigenvalue weighted by Gasteiger charge is 2.19. The minimum atomic E-state index is -0.681. The predicted molar refractivity (Wildman–Crippen MR) is 105 cm³/mol. The third kappa shape index (κ3) is 5.95. The van der Waals surface area contributed by atoms with E-state index in [-0.39, 0.29) is 23.8 Å². The third-order valence-corrected chi connectivity index (χ3v) is 4.09. The van der Waals surface area contributed by atoms with E-state index in [1.165, 1.54) is 6.92 Å². The highest BCUT2D eigenvalue weighted by Crippen LogP contribution is 2.17. The topological polar surface area (TPSA) is 87.3 Å². The van der Waals surface area contributed by atoms with Gasteiger partial charge >= 0.3 is 0 Å². The van der Waals surface area contributed by atoms with Crippen LogP contribution in [0.3, 0.4) is 0 Å². The van der Waals surface area contributed by atoms with E-state index in [1.807, 2.05) is 38.1 Å². The van der Waals surface area contributed by atoms with Gasteiger partial charge in [0.2, 0.25) is 11.8 Å². The number of amides is 3. The van der Waals surface area contributed by atoms with Gasteiger partial charge in [-0.05, 0) is 50.6 Å². The Hall–Kier alpha value is -3.15. The molecular weight excluding hydrogens is 342 g/mol. The summed E-state index contributed by atoms with van der Waals surface area (Å²) in [5, 5.41) is 8.30. The van der Waals surface area contributed by atoms with Crippen molar-refractivity contribution in [2.45, 2.75) is 39.8 Å². The molecule has 0 aliphatic heterocycles. The van der Waals surface area contributed by atoms with E-state index in [0.717, 1.165) is 11.1 Å². The summed E-state index contributed by atoms with van der Waals surface area (Å²) in [4.78, 5) is 35.9. The Balaban J connectivity index is 1.97. The molecule has 2 aromatic carbocycles. The van der Waals surface area contributed by atoms with E-state index in [4.69, 9.17) is 0 Å². The molecule has 2 atom stereocenters. The van der Waals surface area contributed by atoms with Gasteiger partial charge in [0.25, 0.3) is 5.91 Å². The Labute approximate surface area is 159 Å². The molecule has 0 spiro atoms. The monoisotopic (exact) mass is 367 g/mol. The van der Waals surface area contributed by atoms with Crippen molar-refractivity contribution in [2.24, 2.45) is 0 Å². The fourth-order valence-corrected chi connectivity index (χ4v) is 2.64. The molecule has 0 radical (unpaired) electrons. The van der Waals surface area contributed by atoms with Gasteiger partial charge in [-0.25, -0.2) is 0 Å². The molecule has 6 nitrogen and oxygen atoms in total. The van der Waals surface area contributed by atoms with Crippen LogP contribution in [0.1, 0.15) is 48.3 Å². The van der Waals surface area contributed by atoms with Crippen molar-refractivity contribution in [3.8, 4) is 0 Å². The average Bonchev–Trinajstić information content (AvgIpc) is 2.61. The van der Waals surface area contributed by atoms with Gasteiger partial charge in [0.15, 0.2) is 0 Å². The maximum atomic E-state index is 12.4. The molecule has 0 saturated heterocycles. The molecule has 3 N–H and O–H groups in total. The van der Waals surface area contributed by atoms with Gasteiger partial charge in [-0.1, -0.05) is 29.8 Å². The molecule has 27 heavy (non-hydrogen) atoms. The fourth-order valence-electron chi connectivity index (χ4n) is 2.64. The minimum absolute atomic E-state index is 0.156. The Bertz CT molecular complexity index is 848. The van der Waals surface area contributed by atoms with Crippen molar-refractivity contribution >= 4 is 23.4 Å². The molecule has 2 rings (SSSR count). The van der Waals surface area contributed by atoms with Gasteiger partial charge in [0.05, 0.1) is 6.04 Å². The van der Waals surface area contributed by atoms with Gasteiger partial charge in [0.1, 0.15) is 6.04 Å². The van der Waals surface area contributed by atoms with Crippen molar-refractivity contribution in [2.75, 3.05) is 5.32 Å². The van der Waals surface area contributed by atoms with Crippen molar-refractivity contribution in [3.05, 3.63) is 65.2 Å². The number of carbonyl (C=O) groups is 3. The second kappa shape index (κ2) is 8.98. The number of rotatable bonds is 6. The zero-order chi connectivity index (χ0) is 20.0. The van der Waals surface area contributed by atoms with Crippen molar-refractivity contribution in [3.63, 3.8) is 0 Å². The maximum absolute atomic E-state index is 12.4. The highest BCUT2D eigenvalue weighted by atomic mass is 16.2. The first-order valence-corrected chi connectivity index (χ1v) is 8.81. The van der Waals surface area contributed by atoms with Crippen LogP contribution in [0.25, 0.3) is 0 Å². The largest absolute Gasteiger partial charge is 0.348 e. The normalized spacial score (nSPS) is 12.6. The molecule has 142 valence electrons. The first kappa shape index (κ1) is 20.2. The lowest BCUT2D eigenvalue weighted by Crippen LogP contribution is -2.45. The highest BCUT2D eigenvalue weighted by molar-refractivity contribution is 5.97. The van der Waals surface area contributed by atoms with E-state index in [9.17, 15) is 14.4 Å². The lowest BCUT2D eigenvalue weighted by atomic mass is 10.1. The lowest BCUT2D eigenvalue weighted by molar-refractivity contribution is -0.123. The van der Waals surface area contributed by atoms with Crippen LogP contribution in [0, 0.1) is 6.92 Å². The van der Waals surface area contributed by atoms with Gasteiger partial charge in [-0.15, -0.1) is 0 Å². The predicted octanol–water partition coefficient (Wildman–Crippen LogP) is 2.95. The van der Waals surface area contributed by atoms with Crippen molar-refractivity contribution in [1.82, 2.24) is 10.6 Å². The van der Waals surface area contributed by atoms with Crippen LogP contribution in [-0.2, 0) is 9.59 Å². The third-order valence-electron chi connectivity index (χ3n) is 4.09. The number of hydrogen-bond acceptors (Lipinski definition) is 3. The number of carbonyl (C=O) groups excluding carboxylic acids is 3. The van der Waals surface area contributed by atoms with E-state index in [0.29, 0.717) is 11.3 Å². The standard InChI is InChI=1S/C21H25N3O3/c1-13-7-5-9-18(11-13)21(27)23-15(3)20(26)22-14(2)17-8-6-10-19(12-17)24-16(4)25/h5-12,14-15H,1-4H3,(H,22,26)(H,23,27)(H,24,25). The zero-order valence-electron chi connectivity index (χ0n) is 16.0. The van der Waals surface area contributed by atoms with Gasteiger partial charge in [-0.3, -0.25) is 14.4 Å². The number of anilines is 1. The summed E-state index contributed by atoms with van der Waals surface area (Å²) in [5.74, 6) is -0.730. The van der Waals surface area contributed by atoms with Gasteiger partial charge in [0, 0.05) is 18.2 Å². The van der Waals surface area contributed by atoms with Crippen LogP contribution in [0.4, 0.5) is 5.69 Å². The summed E-state index contributed by atoms with van der Waals surface area (Å²) in [5.41, 5.74) is 3.02. The van der Waals surface area contributed by atoms with Crippen LogP contribution < -0.4 is 16.0 Å². The quantitative estimate of drug-likeness (QED) is 0.733. The molecular formula is C21H25N3O3. The SMILES string of the molecule is CC(=O)Nc1cccc(C(C)NC(=O)C(C)NC(=O)c2cccc(C)c2)c1. The van der Waals surface area contributed by atoms with E-state index < -0.39 is 6.04 Å². The second-order valence-electron chi connectivity index (χ2n) is 6.60. The number of aryl methyl sites for hydroxylation is 1. The Kier molecular flexibility index (Phi) is 6.71. The first-order chi connectivity index (χ1) is 12.8. The molecule has 2 aromatic rings. The summed E-state index contributed by atoms with van der Waals surface area (Å²) in [6.07, 6.45) is 0. The molecule has 0 fully saturated rings. The number of benzene rings is 2. The lowest BCUT2D eigenvalue weighted by Gasteiger charge is -2.19. The fraction of sp³-hybridized carbons (Fsp3) is 0.286. The molecule has 0 bridgehead atoms. The molecule has 0 aliphatic carbocycles. The van der Waals surface area contributed by atoms with Crippen LogP contribution in [0.5, 0.6) is 0 Å². The van der Waals surface area contributed by atoms with Crippen LogP contribution in [-0.4, -0.2) is 23.8 Å². The molecule has 0 heterocycles. The first-order valence-electron chi connectivity index (χ1n) is 8.81. The zero-order valence-corrected chi connectivity index (χ0v) is 16.0. The minimum Gasteiger partial charge on any atom is -0.348 e. The van der Waals surface area contributed by atoms with Crippen LogP contribution in [0.2, 0.25) is 0 Å². The van der Waals surface area contributed by atoms with Crippen molar-refractivity contribution in [1.29, 1.82) is 0 Å². The van der Waals surface area contributed by atoms with E-state index in [1.54, 1.807) is 31.2 Å². The number of hydrogen-bond donors (Lipinski definition) is 3. The summed E-state index contributed by atoms with van der Waals surface area (Å²) < 4.78 is 0.